The summed E-state index contributed by atoms with van der Waals surface area (Å²) >= 11 is 3.23. The molecule has 0 amide bonds. The molecule has 1 N–H and O–H groups in total. The van der Waals surface area contributed by atoms with E-state index >= 15 is 0 Å². The number of benzene rings is 1. The summed E-state index contributed by atoms with van der Waals surface area (Å²) in [4.78, 5) is 29.0. The Kier molecular flexibility index (Phi) is 6.39. The number of methoxy groups -OCH3 is 1. The van der Waals surface area contributed by atoms with Gasteiger partial charge in [-0.15, -0.1) is 22.7 Å². The third-order valence-electron chi connectivity index (χ3n) is 6.43. The maximum Gasteiger partial charge on any atom is 0.316 e. The van der Waals surface area contributed by atoms with Crippen molar-refractivity contribution in [1.29, 1.82) is 0 Å². The smallest absolute Gasteiger partial charge is 0.316 e. The number of allylic oxidation sites excluding steroid dienone is 2. The lowest BCUT2D eigenvalue weighted by molar-refractivity contribution is -0.149. The average molecular weight is 492 g/mol. The van der Waals surface area contributed by atoms with Gasteiger partial charge < -0.3 is 14.8 Å². The van der Waals surface area contributed by atoms with E-state index in [1.165, 1.54) is 4.88 Å². The Morgan fingerprint density at radius 1 is 1.06 bits per heavy atom. The zero-order valence-corrected chi connectivity index (χ0v) is 20.4. The molecule has 3 unspecified atom stereocenters. The van der Waals surface area contributed by atoms with Crippen LogP contribution in [0.25, 0.3) is 0 Å². The first-order valence-electron chi connectivity index (χ1n) is 11.1. The number of hydrogen-bond donors (Lipinski definition) is 1. The molecule has 5 rings (SSSR count). The first-order chi connectivity index (χ1) is 16.5. The molecule has 5 nitrogen and oxygen atoms in total. The van der Waals surface area contributed by atoms with E-state index in [4.69, 9.17) is 9.47 Å². The highest BCUT2D eigenvalue weighted by atomic mass is 32.1. The molecule has 2 aromatic heterocycles. The quantitative estimate of drug-likeness (QED) is 0.443. The number of thiophene rings is 2. The van der Waals surface area contributed by atoms with Crippen LogP contribution < -0.4 is 10.1 Å². The molecule has 1 aromatic carbocycles. The van der Waals surface area contributed by atoms with Gasteiger partial charge >= 0.3 is 5.97 Å². The number of ketones is 1. The van der Waals surface area contributed by atoms with E-state index < -0.39 is 5.92 Å². The van der Waals surface area contributed by atoms with E-state index in [2.05, 4.69) is 18.0 Å². The molecule has 1 aliphatic carbocycles. The standard InChI is InChI=1S/C27H25NO4S2/c1-16-24(27(30)32-15-17-7-9-19(31-2)10-8-17)26(23-6-4-12-34-23)25-20(28-16)13-18(14-21(25)29)22-5-3-11-33-22/h3-12,18,24,26,28H,1,13-15H2,2H3. The number of Topliss-reactive ketones (excluding diaryl/α,β-unsaturated/α-hetero) is 1. The molecule has 3 aromatic rings. The maximum absolute atomic E-state index is 13.5. The highest BCUT2D eigenvalue weighted by Crippen LogP contribution is 2.48. The Bertz CT molecular complexity index is 1230. The summed E-state index contributed by atoms with van der Waals surface area (Å²) < 4.78 is 10.9. The summed E-state index contributed by atoms with van der Waals surface area (Å²) in [6.45, 7) is 4.33. The van der Waals surface area contributed by atoms with Crippen molar-refractivity contribution >= 4 is 34.4 Å². The largest absolute Gasteiger partial charge is 0.497 e. The van der Waals surface area contributed by atoms with Crippen molar-refractivity contribution < 1.29 is 19.1 Å². The van der Waals surface area contributed by atoms with E-state index in [9.17, 15) is 9.59 Å². The molecule has 0 saturated heterocycles. The van der Waals surface area contributed by atoms with Gasteiger partial charge in [-0.3, -0.25) is 9.59 Å². The lowest BCUT2D eigenvalue weighted by Gasteiger charge is -2.39. The fourth-order valence-electron chi connectivity index (χ4n) is 4.79. The van der Waals surface area contributed by atoms with Gasteiger partial charge in [-0.25, -0.2) is 0 Å². The SMILES string of the molecule is C=C1NC2=C(C(=O)CC(c3cccs3)C2)C(c2cccs2)C1C(=O)OCc1ccc(OC)cc1. The first-order valence-corrected chi connectivity index (χ1v) is 12.9. The molecule has 0 spiro atoms. The molecule has 0 radical (unpaired) electrons. The highest BCUT2D eigenvalue weighted by Gasteiger charge is 2.46. The van der Waals surface area contributed by atoms with E-state index in [0.717, 1.165) is 28.3 Å². The number of nitrogens with one attached hydrogen (secondary N) is 1. The fraction of sp³-hybridized carbons (Fsp3) is 0.259. The van der Waals surface area contributed by atoms with Gasteiger partial charge in [-0.2, -0.15) is 0 Å². The maximum atomic E-state index is 13.5. The van der Waals surface area contributed by atoms with E-state index in [-0.39, 0.29) is 30.2 Å². The number of esters is 1. The van der Waals surface area contributed by atoms with Crippen molar-refractivity contribution in [2.75, 3.05) is 7.11 Å². The van der Waals surface area contributed by atoms with Crippen LogP contribution in [0.3, 0.4) is 0 Å². The van der Waals surface area contributed by atoms with Crippen LogP contribution >= 0.6 is 22.7 Å². The molecule has 3 atom stereocenters. The molecule has 2 aliphatic rings. The molecular formula is C27H25NO4S2. The predicted molar refractivity (Wildman–Crippen MR) is 134 cm³/mol. The summed E-state index contributed by atoms with van der Waals surface area (Å²) in [7, 11) is 1.61. The van der Waals surface area contributed by atoms with Gasteiger partial charge in [-0.05, 0) is 47.0 Å². The van der Waals surface area contributed by atoms with Gasteiger partial charge in [0, 0.05) is 45.0 Å². The lowest BCUT2D eigenvalue weighted by Crippen LogP contribution is -2.41. The van der Waals surface area contributed by atoms with Gasteiger partial charge in [0.15, 0.2) is 5.78 Å². The molecule has 0 bridgehead atoms. The number of rotatable bonds is 6. The Balaban J connectivity index is 1.43. The molecule has 174 valence electrons. The van der Waals surface area contributed by atoms with Crippen LogP contribution in [0.15, 0.2) is 82.8 Å². The zero-order valence-electron chi connectivity index (χ0n) is 18.8. The van der Waals surface area contributed by atoms with E-state index in [1.807, 2.05) is 53.2 Å². The topological polar surface area (TPSA) is 64.6 Å². The van der Waals surface area contributed by atoms with Crippen LogP contribution in [-0.4, -0.2) is 18.9 Å². The molecule has 7 heteroatoms. The second kappa shape index (κ2) is 9.60. The minimum Gasteiger partial charge on any atom is -0.497 e. The van der Waals surface area contributed by atoms with Crippen molar-refractivity contribution in [2.24, 2.45) is 5.92 Å². The van der Waals surface area contributed by atoms with Gasteiger partial charge in [0.25, 0.3) is 0 Å². The van der Waals surface area contributed by atoms with Gasteiger partial charge in [-0.1, -0.05) is 30.8 Å². The number of ether oxygens (including phenoxy) is 2. The average Bonchev–Trinajstić information content (AvgIpc) is 3.56. The van der Waals surface area contributed by atoms with Crippen LogP contribution in [0.4, 0.5) is 0 Å². The third-order valence-corrected chi connectivity index (χ3v) is 8.42. The van der Waals surface area contributed by atoms with Crippen LogP contribution in [0.2, 0.25) is 0 Å². The Morgan fingerprint density at radius 2 is 1.76 bits per heavy atom. The van der Waals surface area contributed by atoms with Crippen LogP contribution in [0.5, 0.6) is 5.75 Å². The summed E-state index contributed by atoms with van der Waals surface area (Å²) in [6.07, 6.45) is 1.18. The lowest BCUT2D eigenvalue weighted by atomic mass is 9.71. The number of hydrogen-bond acceptors (Lipinski definition) is 7. The fourth-order valence-corrected chi connectivity index (χ4v) is 6.50. The first kappa shape index (κ1) is 22.6. The highest BCUT2D eigenvalue weighted by molar-refractivity contribution is 7.10. The molecule has 3 heterocycles. The van der Waals surface area contributed by atoms with Crippen molar-refractivity contribution in [3.8, 4) is 5.75 Å². The molecule has 0 fully saturated rings. The van der Waals surface area contributed by atoms with Crippen LogP contribution in [-0.2, 0) is 20.9 Å². The summed E-state index contributed by atoms with van der Waals surface area (Å²) in [6, 6.07) is 15.4. The van der Waals surface area contributed by atoms with Crippen LogP contribution in [0, 0.1) is 5.92 Å². The van der Waals surface area contributed by atoms with E-state index in [0.29, 0.717) is 17.7 Å². The second-order valence-electron chi connectivity index (χ2n) is 8.51. The molecule has 0 saturated carbocycles. The van der Waals surface area contributed by atoms with Crippen LogP contribution in [0.1, 0.15) is 40.0 Å². The zero-order chi connectivity index (χ0) is 23.7. The minimum atomic E-state index is -0.669. The van der Waals surface area contributed by atoms with Gasteiger partial charge in [0.2, 0.25) is 0 Å². The Labute approximate surface area is 206 Å². The Hall–Kier alpha value is -3.16. The Morgan fingerprint density at radius 3 is 2.41 bits per heavy atom. The summed E-state index contributed by atoms with van der Waals surface area (Å²) in [5, 5.41) is 7.35. The predicted octanol–water partition coefficient (Wildman–Crippen LogP) is 5.78. The van der Waals surface area contributed by atoms with Crippen molar-refractivity contribution in [3.63, 3.8) is 0 Å². The molecule has 34 heavy (non-hydrogen) atoms. The van der Waals surface area contributed by atoms with E-state index in [1.54, 1.807) is 29.8 Å². The van der Waals surface area contributed by atoms with Gasteiger partial charge in [0.05, 0.1) is 7.11 Å². The molecule has 1 aliphatic heterocycles. The van der Waals surface area contributed by atoms with Crippen molar-refractivity contribution in [1.82, 2.24) is 5.32 Å². The van der Waals surface area contributed by atoms with Crippen molar-refractivity contribution in [3.05, 3.63) is 98.2 Å². The van der Waals surface area contributed by atoms with Crippen molar-refractivity contribution in [2.45, 2.75) is 31.3 Å². The third kappa shape index (κ3) is 4.33. The minimum absolute atomic E-state index is 0.0889. The molecular weight excluding hydrogens is 466 g/mol. The van der Waals surface area contributed by atoms with Gasteiger partial charge in [0.1, 0.15) is 18.3 Å². The second-order valence-corrected chi connectivity index (χ2v) is 10.5. The number of carbonyl (C=O) groups excluding carboxylic acids is 2. The number of carbonyl (C=O) groups is 2. The summed E-state index contributed by atoms with van der Waals surface area (Å²) in [5.41, 5.74) is 3.03. The summed E-state index contributed by atoms with van der Waals surface area (Å²) in [5.74, 6) is -0.456. The normalized spacial score (nSPS) is 22.2. The monoisotopic (exact) mass is 491 g/mol.